The number of hydrogen-bond donors (Lipinski definition) is 1. The van der Waals surface area contributed by atoms with Gasteiger partial charge in [-0.25, -0.2) is 9.97 Å². The third-order valence-electron chi connectivity index (χ3n) is 6.21. The smallest absolute Gasteiger partial charge is 0.136 e. The number of benzene rings is 1. The zero-order valence-electron chi connectivity index (χ0n) is 16.4. The van der Waals surface area contributed by atoms with Crippen LogP contribution < -0.4 is 10.2 Å². The Labute approximate surface area is 161 Å². The number of nitrogens with zero attached hydrogens (tertiary/aromatic N) is 4. The monoisotopic (exact) mass is 363 g/mol. The van der Waals surface area contributed by atoms with Gasteiger partial charge in [-0.3, -0.25) is 0 Å². The Morgan fingerprint density at radius 1 is 1.04 bits per heavy atom. The van der Waals surface area contributed by atoms with Gasteiger partial charge in [-0.05, 0) is 50.9 Å². The summed E-state index contributed by atoms with van der Waals surface area (Å²) in [4.78, 5) is 14.6. The second-order valence-corrected chi connectivity index (χ2v) is 8.55. The number of likely N-dealkylation sites (N-methyl/N-ethyl adjacent to an activating group) is 1. The van der Waals surface area contributed by atoms with E-state index in [9.17, 15) is 0 Å². The molecule has 6 rings (SSSR count). The highest BCUT2D eigenvalue weighted by Gasteiger charge is 2.39. The zero-order chi connectivity index (χ0) is 18.4. The molecule has 0 unspecified atom stereocenters. The molecule has 2 atom stereocenters. The first-order valence-corrected chi connectivity index (χ1v) is 10.3. The van der Waals surface area contributed by atoms with Crippen LogP contribution in [0.3, 0.4) is 0 Å². The summed E-state index contributed by atoms with van der Waals surface area (Å²) in [6.45, 7) is 2.99. The molecule has 5 nitrogen and oxygen atoms in total. The van der Waals surface area contributed by atoms with Gasteiger partial charge in [-0.15, -0.1) is 0 Å². The fourth-order valence-corrected chi connectivity index (χ4v) is 4.61. The van der Waals surface area contributed by atoms with Crippen LogP contribution in [0.1, 0.15) is 60.5 Å². The molecule has 27 heavy (non-hydrogen) atoms. The lowest BCUT2D eigenvalue weighted by Gasteiger charge is -2.47. The standard InChI is InChI=1S/C22H29N5/c1-26(2)12-11-23-20-13-21(25-22(24-20)15-7-8-15)27-14-16-9-10-19(27)18-6-4-3-5-17(16)18/h3-6,13,15-16,19H,7-12,14H2,1-2H3,(H,23,24,25)/t16-,19+/m1/s1. The Kier molecular flexibility index (Phi) is 4.27. The molecule has 2 bridgehead atoms. The van der Waals surface area contributed by atoms with Gasteiger partial charge in [0.25, 0.3) is 0 Å². The third-order valence-corrected chi connectivity index (χ3v) is 6.21. The number of nitrogens with one attached hydrogen (secondary N) is 1. The van der Waals surface area contributed by atoms with Crippen LogP contribution in [-0.4, -0.2) is 48.6 Å². The van der Waals surface area contributed by atoms with Crippen molar-refractivity contribution < 1.29 is 0 Å². The lowest BCUT2D eigenvalue weighted by Crippen LogP contribution is -2.43. The molecule has 2 aliphatic carbocycles. The summed E-state index contributed by atoms with van der Waals surface area (Å²) in [6, 6.07) is 11.6. The van der Waals surface area contributed by atoms with E-state index in [0.717, 1.165) is 37.1 Å². The van der Waals surface area contributed by atoms with Crippen molar-refractivity contribution in [3.05, 3.63) is 47.3 Å². The van der Waals surface area contributed by atoms with E-state index in [2.05, 4.69) is 59.5 Å². The summed E-state index contributed by atoms with van der Waals surface area (Å²) < 4.78 is 0. The Balaban J connectivity index is 1.45. The molecule has 0 radical (unpaired) electrons. The molecule has 2 aliphatic heterocycles. The highest BCUT2D eigenvalue weighted by molar-refractivity contribution is 5.55. The van der Waals surface area contributed by atoms with Crippen molar-refractivity contribution in [3.63, 3.8) is 0 Å². The average molecular weight is 364 g/mol. The van der Waals surface area contributed by atoms with Crippen LogP contribution in [0.25, 0.3) is 0 Å². The van der Waals surface area contributed by atoms with E-state index < -0.39 is 0 Å². The first-order valence-electron chi connectivity index (χ1n) is 10.3. The van der Waals surface area contributed by atoms with E-state index in [1.165, 1.54) is 31.2 Å². The molecule has 0 spiro atoms. The number of hydrogen-bond acceptors (Lipinski definition) is 5. The number of fused-ring (bicyclic) bond motifs is 2. The second kappa shape index (κ2) is 6.79. The van der Waals surface area contributed by atoms with Gasteiger partial charge in [-0.1, -0.05) is 24.3 Å². The number of aromatic nitrogens is 2. The fraction of sp³-hybridized carbons (Fsp3) is 0.545. The third kappa shape index (κ3) is 3.29. The molecular formula is C22H29N5. The maximum absolute atomic E-state index is 5.02. The van der Waals surface area contributed by atoms with Crippen molar-refractivity contribution in [2.24, 2.45) is 0 Å². The van der Waals surface area contributed by atoms with Crippen LogP contribution in [-0.2, 0) is 0 Å². The molecule has 1 aromatic heterocycles. The molecule has 5 heteroatoms. The van der Waals surface area contributed by atoms with Gasteiger partial charge in [0.1, 0.15) is 17.5 Å². The first kappa shape index (κ1) is 17.0. The van der Waals surface area contributed by atoms with E-state index in [4.69, 9.17) is 9.97 Å². The van der Waals surface area contributed by atoms with Gasteiger partial charge < -0.3 is 15.1 Å². The van der Waals surface area contributed by atoms with Crippen LogP contribution in [0.2, 0.25) is 0 Å². The van der Waals surface area contributed by atoms with Crippen molar-refractivity contribution in [2.45, 2.75) is 43.6 Å². The molecule has 3 heterocycles. The summed E-state index contributed by atoms with van der Waals surface area (Å²) in [5.41, 5.74) is 3.07. The van der Waals surface area contributed by atoms with Crippen molar-refractivity contribution >= 4 is 11.6 Å². The largest absolute Gasteiger partial charge is 0.369 e. The Morgan fingerprint density at radius 3 is 2.59 bits per heavy atom. The molecule has 1 aromatic carbocycles. The van der Waals surface area contributed by atoms with E-state index in [-0.39, 0.29) is 0 Å². The number of rotatable bonds is 6. The minimum atomic E-state index is 0.461. The average Bonchev–Trinajstić information content (AvgIpc) is 3.53. The zero-order valence-corrected chi connectivity index (χ0v) is 16.4. The van der Waals surface area contributed by atoms with Crippen molar-refractivity contribution in [1.82, 2.24) is 14.9 Å². The number of anilines is 2. The highest BCUT2D eigenvalue weighted by atomic mass is 15.2. The normalized spacial score (nSPS) is 23.6. The van der Waals surface area contributed by atoms with Crippen molar-refractivity contribution in [2.75, 3.05) is 43.9 Å². The maximum Gasteiger partial charge on any atom is 0.136 e. The van der Waals surface area contributed by atoms with Gasteiger partial charge in [-0.2, -0.15) is 0 Å². The van der Waals surface area contributed by atoms with E-state index in [1.54, 1.807) is 5.56 Å². The molecular weight excluding hydrogens is 334 g/mol. The van der Waals surface area contributed by atoms with Gasteiger partial charge in [0.05, 0.1) is 6.04 Å². The summed E-state index contributed by atoms with van der Waals surface area (Å²) in [7, 11) is 4.20. The highest BCUT2D eigenvalue weighted by Crippen LogP contribution is 2.48. The van der Waals surface area contributed by atoms with Crippen LogP contribution in [0.15, 0.2) is 30.3 Å². The van der Waals surface area contributed by atoms with Crippen molar-refractivity contribution in [3.8, 4) is 0 Å². The van der Waals surface area contributed by atoms with Crippen LogP contribution in [0.5, 0.6) is 0 Å². The molecule has 2 fully saturated rings. The van der Waals surface area contributed by atoms with Gasteiger partial charge in [0.15, 0.2) is 0 Å². The lowest BCUT2D eigenvalue weighted by molar-refractivity contribution is 0.387. The summed E-state index contributed by atoms with van der Waals surface area (Å²) in [6.07, 6.45) is 4.99. The summed E-state index contributed by atoms with van der Waals surface area (Å²) in [5, 5.41) is 3.52. The molecule has 1 saturated carbocycles. The predicted octanol–water partition coefficient (Wildman–Crippen LogP) is 3.77. The second-order valence-electron chi connectivity index (χ2n) is 8.55. The number of piperidine rings is 1. The Morgan fingerprint density at radius 2 is 1.81 bits per heavy atom. The van der Waals surface area contributed by atoms with Gasteiger partial charge in [0.2, 0.25) is 0 Å². The molecule has 2 aromatic rings. The van der Waals surface area contributed by atoms with Crippen LogP contribution in [0, 0.1) is 0 Å². The lowest BCUT2D eigenvalue weighted by atomic mass is 9.75. The van der Waals surface area contributed by atoms with Gasteiger partial charge >= 0.3 is 0 Å². The van der Waals surface area contributed by atoms with E-state index >= 15 is 0 Å². The predicted molar refractivity (Wildman–Crippen MR) is 110 cm³/mol. The van der Waals surface area contributed by atoms with E-state index in [1.807, 2.05) is 0 Å². The van der Waals surface area contributed by atoms with Crippen LogP contribution >= 0.6 is 0 Å². The van der Waals surface area contributed by atoms with Gasteiger partial charge in [0, 0.05) is 37.5 Å². The van der Waals surface area contributed by atoms with Crippen molar-refractivity contribution in [1.29, 1.82) is 0 Å². The minimum absolute atomic E-state index is 0.461. The topological polar surface area (TPSA) is 44.3 Å². The first-order chi connectivity index (χ1) is 13.2. The summed E-state index contributed by atoms with van der Waals surface area (Å²) >= 11 is 0. The van der Waals surface area contributed by atoms with E-state index in [0.29, 0.717) is 17.9 Å². The molecule has 1 N–H and O–H groups in total. The quantitative estimate of drug-likeness (QED) is 0.846. The Bertz CT molecular complexity index is 829. The SMILES string of the molecule is CN(C)CCNc1cc(N2C[C@H]3CC[C@H]2c2ccccc23)nc(C2CC2)n1. The molecule has 0 amide bonds. The van der Waals surface area contributed by atoms with Crippen LogP contribution in [0.4, 0.5) is 11.6 Å². The summed E-state index contributed by atoms with van der Waals surface area (Å²) in [5.74, 6) is 4.33. The molecule has 4 aliphatic rings. The minimum Gasteiger partial charge on any atom is -0.369 e. The maximum atomic E-state index is 5.02. The molecule has 1 saturated heterocycles. The fourth-order valence-electron chi connectivity index (χ4n) is 4.61. The Hall–Kier alpha value is -2.14. The molecule has 142 valence electrons.